The van der Waals surface area contributed by atoms with Crippen LogP contribution >= 0.6 is 0 Å². The van der Waals surface area contributed by atoms with Crippen LogP contribution in [0, 0.1) is 23.0 Å². The van der Waals surface area contributed by atoms with Crippen LogP contribution in [-0.2, 0) is 17.6 Å². The molecular weight excluding hydrogens is 595 g/mol. The van der Waals surface area contributed by atoms with E-state index >= 15 is 8.78 Å². The number of fused-ring (bicyclic) bond motifs is 3. The Bertz CT molecular complexity index is 1750. The molecule has 1 amide bonds. The maximum atomic E-state index is 16.7. The van der Waals surface area contributed by atoms with Crippen LogP contribution in [0.4, 0.5) is 19.0 Å². The van der Waals surface area contributed by atoms with Crippen molar-refractivity contribution in [2.75, 3.05) is 44.2 Å². The molecule has 12 heteroatoms. The van der Waals surface area contributed by atoms with E-state index in [1.807, 2.05) is 0 Å². The van der Waals surface area contributed by atoms with E-state index in [4.69, 9.17) is 9.72 Å². The van der Waals surface area contributed by atoms with Crippen LogP contribution in [0.15, 0.2) is 30.9 Å². The van der Waals surface area contributed by atoms with E-state index < -0.39 is 29.4 Å². The molecular formula is C34H36F3N7O2. The summed E-state index contributed by atoms with van der Waals surface area (Å²) in [5, 5.41) is 9.65. The molecule has 46 heavy (non-hydrogen) atoms. The first-order valence-corrected chi connectivity index (χ1v) is 16.1. The van der Waals surface area contributed by atoms with Crippen LogP contribution in [0.2, 0.25) is 0 Å². The molecule has 3 aliphatic heterocycles. The van der Waals surface area contributed by atoms with Crippen molar-refractivity contribution in [3.8, 4) is 23.2 Å². The molecule has 2 aromatic heterocycles. The van der Waals surface area contributed by atoms with Crippen LogP contribution in [0.5, 0.6) is 6.01 Å². The van der Waals surface area contributed by atoms with E-state index in [-0.39, 0.29) is 59.9 Å². The lowest BCUT2D eigenvalue weighted by atomic mass is 9.87. The summed E-state index contributed by atoms with van der Waals surface area (Å²) in [6.07, 6.45) is 10.8. The molecule has 0 N–H and O–H groups in total. The van der Waals surface area contributed by atoms with Gasteiger partial charge in [0, 0.05) is 43.0 Å². The Hall–Kier alpha value is -4.24. The van der Waals surface area contributed by atoms with Gasteiger partial charge in [0.15, 0.2) is 11.6 Å². The number of aromatic nitrogens is 3. The number of piperazine rings is 1. The number of halogens is 3. The third-order valence-corrected chi connectivity index (χ3v) is 10.3. The number of rotatable bonds is 7. The van der Waals surface area contributed by atoms with E-state index in [0.29, 0.717) is 18.6 Å². The van der Waals surface area contributed by atoms with Gasteiger partial charge in [-0.25, -0.2) is 13.2 Å². The van der Waals surface area contributed by atoms with Crippen molar-refractivity contribution in [1.82, 2.24) is 24.8 Å². The molecule has 0 radical (unpaired) electrons. The van der Waals surface area contributed by atoms with Crippen molar-refractivity contribution >= 4 is 22.6 Å². The Labute approximate surface area is 265 Å². The lowest BCUT2D eigenvalue weighted by Gasteiger charge is -2.41. The smallest absolute Gasteiger partial charge is 0.319 e. The Morgan fingerprint density at radius 2 is 1.87 bits per heavy atom. The van der Waals surface area contributed by atoms with Gasteiger partial charge >= 0.3 is 6.01 Å². The first-order valence-electron chi connectivity index (χ1n) is 16.1. The monoisotopic (exact) mass is 631 g/mol. The molecule has 0 spiro atoms. The molecule has 9 nitrogen and oxygen atoms in total. The minimum absolute atomic E-state index is 0.0206. The predicted octanol–water partition coefficient (Wildman–Crippen LogP) is 5.27. The van der Waals surface area contributed by atoms with E-state index in [1.165, 1.54) is 17.2 Å². The fourth-order valence-electron chi connectivity index (χ4n) is 8.00. The number of carbonyl (C=O) groups excluding carboxylic acids is 1. The normalized spacial score (nSPS) is 20.8. The number of pyridine rings is 1. The lowest BCUT2D eigenvalue weighted by molar-refractivity contribution is -0.131. The fraction of sp³-hybridized carbons (Fsp3) is 0.500. The number of hydrogen-bond acceptors (Lipinski definition) is 8. The zero-order valence-electron chi connectivity index (χ0n) is 25.7. The zero-order valence-corrected chi connectivity index (χ0v) is 25.7. The van der Waals surface area contributed by atoms with Crippen molar-refractivity contribution in [3.63, 3.8) is 0 Å². The van der Waals surface area contributed by atoms with Crippen molar-refractivity contribution in [1.29, 1.82) is 5.26 Å². The van der Waals surface area contributed by atoms with Crippen LogP contribution in [0.3, 0.4) is 0 Å². The van der Waals surface area contributed by atoms with Gasteiger partial charge in [-0.1, -0.05) is 6.58 Å². The molecule has 0 bridgehead atoms. The standard InChI is InChI=1S/C34H36F3N7O2/c1-21(35)32(45)44-15-14-42(19-23(44)8-11-38)31-25-16-27(36)28(26-18-39-17-22-6-2-3-7-24(22)26)29(37)30(25)40-33(41-31)46-20-34-9-4-12-43(34)13-5-10-34/h16-18,23H,1-10,12-15,19-20H2/t23-/m0/s1. The fourth-order valence-corrected chi connectivity index (χ4v) is 8.00. The summed E-state index contributed by atoms with van der Waals surface area (Å²) >= 11 is 0. The first-order chi connectivity index (χ1) is 22.3. The molecule has 3 fully saturated rings. The van der Waals surface area contributed by atoms with Gasteiger partial charge in [-0.15, -0.1) is 0 Å². The Morgan fingerprint density at radius 1 is 1.09 bits per heavy atom. The van der Waals surface area contributed by atoms with E-state index in [9.17, 15) is 14.4 Å². The Morgan fingerprint density at radius 3 is 2.63 bits per heavy atom. The topological polar surface area (TPSA) is 98.5 Å². The average Bonchev–Trinajstić information content (AvgIpc) is 3.64. The number of carbonyl (C=O) groups is 1. The summed E-state index contributed by atoms with van der Waals surface area (Å²) in [4.78, 5) is 31.6. The highest BCUT2D eigenvalue weighted by molar-refractivity contribution is 5.95. The summed E-state index contributed by atoms with van der Waals surface area (Å²) in [5.74, 6) is -3.33. The average molecular weight is 632 g/mol. The summed E-state index contributed by atoms with van der Waals surface area (Å²) in [6, 6.07) is 2.61. The van der Waals surface area contributed by atoms with E-state index in [0.717, 1.165) is 69.2 Å². The number of nitrogens with zero attached hydrogens (tertiary/aromatic N) is 7. The van der Waals surface area contributed by atoms with Crippen LogP contribution in [0.25, 0.3) is 22.0 Å². The number of nitriles is 1. The zero-order chi connectivity index (χ0) is 32.0. The van der Waals surface area contributed by atoms with E-state index in [1.54, 1.807) is 11.1 Å². The van der Waals surface area contributed by atoms with Crippen LogP contribution in [0.1, 0.15) is 56.1 Å². The quantitative estimate of drug-likeness (QED) is 0.326. The number of benzene rings is 1. The first kappa shape index (κ1) is 30.4. The predicted molar refractivity (Wildman–Crippen MR) is 166 cm³/mol. The summed E-state index contributed by atoms with van der Waals surface area (Å²) in [6.45, 7) is 5.84. The Balaban J connectivity index is 1.33. The second kappa shape index (κ2) is 12.2. The van der Waals surface area contributed by atoms with Crippen LogP contribution < -0.4 is 9.64 Å². The third-order valence-electron chi connectivity index (χ3n) is 10.3. The highest BCUT2D eigenvalue weighted by Gasteiger charge is 2.45. The number of aryl methyl sites for hydroxylation is 1. The maximum Gasteiger partial charge on any atom is 0.319 e. The number of amides is 1. The molecule has 1 atom stereocenters. The molecule has 3 saturated heterocycles. The van der Waals surface area contributed by atoms with Crippen molar-refractivity contribution in [2.24, 2.45) is 0 Å². The Kier molecular flexibility index (Phi) is 8.05. The molecule has 1 aliphatic carbocycles. The highest BCUT2D eigenvalue weighted by Crippen LogP contribution is 2.41. The molecule has 3 aromatic rings. The second-order valence-electron chi connectivity index (χ2n) is 12.9. The summed E-state index contributed by atoms with van der Waals surface area (Å²) in [7, 11) is 0. The van der Waals surface area contributed by atoms with Gasteiger partial charge in [0.1, 0.15) is 23.8 Å². The van der Waals surface area contributed by atoms with Crippen molar-refractivity contribution < 1.29 is 22.7 Å². The van der Waals surface area contributed by atoms with Gasteiger partial charge < -0.3 is 14.5 Å². The van der Waals surface area contributed by atoms with Gasteiger partial charge in [-0.2, -0.15) is 15.2 Å². The SMILES string of the molecule is C=C(F)C(=O)N1CCN(c2nc(OCC34CCCN3CCC4)nc3c(F)c(-c4cncc5c4CCCC5)c(F)cc23)C[C@@H]1CC#N. The van der Waals surface area contributed by atoms with E-state index in [2.05, 4.69) is 27.5 Å². The van der Waals surface area contributed by atoms with Crippen molar-refractivity contribution in [2.45, 2.75) is 69.4 Å². The molecule has 1 aromatic carbocycles. The van der Waals surface area contributed by atoms with Crippen LogP contribution in [-0.4, -0.2) is 81.6 Å². The third kappa shape index (κ3) is 5.24. The van der Waals surface area contributed by atoms with Gasteiger partial charge in [0.25, 0.3) is 5.91 Å². The molecule has 0 unspecified atom stereocenters. The van der Waals surface area contributed by atoms with Gasteiger partial charge in [0.05, 0.1) is 29.6 Å². The molecule has 7 rings (SSSR count). The number of hydrogen-bond donors (Lipinski definition) is 0. The molecule has 5 heterocycles. The van der Waals surface area contributed by atoms with Gasteiger partial charge in [-0.3, -0.25) is 14.7 Å². The maximum absolute atomic E-state index is 16.7. The molecule has 240 valence electrons. The number of ether oxygens (including phenoxy) is 1. The lowest BCUT2D eigenvalue weighted by Crippen LogP contribution is -2.55. The molecule has 0 saturated carbocycles. The van der Waals surface area contributed by atoms with Gasteiger partial charge in [0.2, 0.25) is 0 Å². The minimum Gasteiger partial charge on any atom is -0.461 e. The minimum atomic E-state index is -1.11. The molecule has 4 aliphatic rings. The van der Waals surface area contributed by atoms with Crippen molar-refractivity contribution in [3.05, 3.63) is 53.6 Å². The highest BCUT2D eigenvalue weighted by atomic mass is 19.1. The second-order valence-corrected chi connectivity index (χ2v) is 12.9. The largest absolute Gasteiger partial charge is 0.461 e. The number of anilines is 1. The summed E-state index contributed by atoms with van der Waals surface area (Å²) in [5.41, 5.74) is 1.96. The summed E-state index contributed by atoms with van der Waals surface area (Å²) < 4.78 is 53.0. The van der Waals surface area contributed by atoms with Gasteiger partial charge in [-0.05, 0) is 81.6 Å².